The van der Waals surface area contributed by atoms with Crippen molar-refractivity contribution in [3.05, 3.63) is 47.8 Å². The minimum atomic E-state index is -3.83. The predicted molar refractivity (Wildman–Crippen MR) is 93.2 cm³/mol. The van der Waals surface area contributed by atoms with E-state index in [1.807, 2.05) is 32.0 Å². The maximum absolute atomic E-state index is 12.8. The fourth-order valence-electron chi connectivity index (χ4n) is 2.44. The van der Waals surface area contributed by atoms with Gasteiger partial charge in [-0.3, -0.25) is 4.31 Å². The Balaban J connectivity index is 2.47. The van der Waals surface area contributed by atoms with Crippen LogP contribution < -0.4 is 4.31 Å². The molecule has 0 atom stereocenters. The van der Waals surface area contributed by atoms with Crippen molar-refractivity contribution >= 4 is 21.7 Å². The molecule has 0 saturated carbocycles. The number of nitrogens with zero attached hydrogens (tertiary/aromatic N) is 2. The number of rotatable bonds is 6. The average Bonchev–Trinajstić information content (AvgIpc) is 2.99. The summed E-state index contributed by atoms with van der Waals surface area (Å²) < 4.78 is 28.3. The first-order chi connectivity index (χ1) is 11.2. The maximum Gasteiger partial charge on any atom is 0.352 e. The number of sulfonamides is 1. The van der Waals surface area contributed by atoms with Crippen LogP contribution in [0.15, 0.2) is 41.4 Å². The van der Waals surface area contributed by atoms with Crippen molar-refractivity contribution in [2.45, 2.75) is 38.1 Å². The van der Waals surface area contributed by atoms with E-state index in [1.54, 1.807) is 13.0 Å². The summed E-state index contributed by atoms with van der Waals surface area (Å²) in [5.41, 5.74) is 1.54. The van der Waals surface area contributed by atoms with E-state index >= 15 is 0 Å². The second-order valence-corrected chi connectivity index (χ2v) is 7.84. The van der Waals surface area contributed by atoms with E-state index in [0.29, 0.717) is 12.2 Å². The Kier molecular flexibility index (Phi) is 5.03. The number of carboxylic acid groups (broad SMARTS) is 1. The molecule has 0 aliphatic heterocycles. The lowest BCUT2D eigenvalue weighted by Gasteiger charge is -2.20. The number of carbonyl (C=O) groups is 1. The van der Waals surface area contributed by atoms with Gasteiger partial charge in [-0.2, -0.15) is 0 Å². The summed E-state index contributed by atoms with van der Waals surface area (Å²) in [4.78, 5) is 11.2. The largest absolute Gasteiger partial charge is 0.477 e. The molecule has 0 unspecified atom stereocenters. The second kappa shape index (κ2) is 6.68. The lowest BCUT2D eigenvalue weighted by atomic mass is 10.0. The molecule has 0 aliphatic carbocycles. The average molecular weight is 350 g/mol. The monoisotopic (exact) mass is 350 g/mol. The van der Waals surface area contributed by atoms with Gasteiger partial charge in [-0.05, 0) is 36.6 Å². The number of aromatic nitrogens is 1. The van der Waals surface area contributed by atoms with Crippen LogP contribution in [0, 0.1) is 0 Å². The van der Waals surface area contributed by atoms with Gasteiger partial charge in [-0.1, -0.05) is 26.0 Å². The van der Waals surface area contributed by atoms with Gasteiger partial charge in [-0.15, -0.1) is 0 Å². The first-order valence-corrected chi connectivity index (χ1v) is 9.14. The van der Waals surface area contributed by atoms with Crippen LogP contribution in [0.1, 0.15) is 42.7 Å². The fraction of sp³-hybridized carbons (Fsp3) is 0.353. The van der Waals surface area contributed by atoms with Gasteiger partial charge in [0, 0.05) is 19.8 Å². The molecule has 0 fully saturated rings. The zero-order valence-electron chi connectivity index (χ0n) is 14.2. The number of anilines is 1. The van der Waals surface area contributed by atoms with Crippen molar-refractivity contribution in [2.24, 2.45) is 0 Å². The molecule has 1 N–H and O–H groups in total. The Bertz CT molecular complexity index is 853. The molecule has 24 heavy (non-hydrogen) atoms. The SMILES string of the molecule is CCn1cc(S(=O)(=O)N(C)c2cccc(C(C)C)c2)cc1C(=O)O. The summed E-state index contributed by atoms with van der Waals surface area (Å²) in [7, 11) is -2.36. The summed E-state index contributed by atoms with van der Waals surface area (Å²) in [6.45, 7) is 6.21. The van der Waals surface area contributed by atoms with E-state index in [2.05, 4.69) is 0 Å². The van der Waals surface area contributed by atoms with Gasteiger partial charge >= 0.3 is 5.97 Å². The molecule has 0 amide bonds. The Labute approximate surface area is 142 Å². The van der Waals surface area contributed by atoms with Crippen LogP contribution in [0.2, 0.25) is 0 Å². The molecule has 6 nitrogen and oxygen atoms in total. The highest BCUT2D eigenvalue weighted by Gasteiger charge is 2.25. The summed E-state index contributed by atoms with van der Waals surface area (Å²) in [6, 6.07) is 8.51. The summed E-state index contributed by atoms with van der Waals surface area (Å²) >= 11 is 0. The van der Waals surface area contributed by atoms with Crippen molar-refractivity contribution in [1.82, 2.24) is 4.57 Å². The summed E-state index contributed by atoms with van der Waals surface area (Å²) in [6.07, 6.45) is 1.36. The molecule has 7 heteroatoms. The van der Waals surface area contributed by atoms with Crippen molar-refractivity contribution in [3.63, 3.8) is 0 Å². The van der Waals surface area contributed by atoms with E-state index in [9.17, 15) is 18.3 Å². The molecule has 1 aromatic heterocycles. The Morgan fingerprint density at radius 2 is 1.96 bits per heavy atom. The van der Waals surface area contributed by atoms with Crippen LogP contribution in [0.5, 0.6) is 0 Å². The van der Waals surface area contributed by atoms with Crippen LogP contribution in [0.25, 0.3) is 0 Å². The molecular formula is C17H22N2O4S. The molecule has 0 spiro atoms. The second-order valence-electron chi connectivity index (χ2n) is 5.87. The highest BCUT2D eigenvalue weighted by Crippen LogP contribution is 2.26. The van der Waals surface area contributed by atoms with Gasteiger partial charge in [0.1, 0.15) is 10.6 Å². The molecule has 0 radical (unpaired) electrons. The van der Waals surface area contributed by atoms with Crippen molar-refractivity contribution in [3.8, 4) is 0 Å². The molecule has 130 valence electrons. The molecule has 1 aromatic carbocycles. The number of aromatic carboxylic acids is 1. The van der Waals surface area contributed by atoms with Gasteiger partial charge in [0.15, 0.2) is 0 Å². The smallest absolute Gasteiger partial charge is 0.352 e. The quantitative estimate of drug-likeness (QED) is 0.868. The number of carboxylic acids is 1. The molecular weight excluding hydrogens is 328 g/mol. The molecule has 0 aliphatic rings. The third-order valence-electron chi connectivity index (χ3n) is 3.99. The highest BCUT2D eigenvalue weighted by atomic mass is 32.2. The first-order valence-electron chi connectivity index (χ1n) is 7.70. The number of benzene rings is 1. The maximum atomic E-state index is 12.8. The molecule has 2 rings (SSSR count). The lowest BCUT2D eigenvalue weighted by molar-refractivity contribution is 0.0685. The Morgan fingerprint density at radius 3 is 2.46 bits per heavy atom. The van der Waals surface area contributed by atoms with E-state index in [1.165, 1.54) is 28.2 Å². The van der Waals surface area contributed by atoms with Crippen LogP contribution in [0.3, 0.4) is 0 Å². The van der Waals surface area contributed by atoms with E-state index in [-0.39, 0.29) is 16.5 Å². The predicted octanol–water partition coefficient (Wildman–Crippen LogP) is 3.15. The van der Waals surface area contributed by atoms with Gasteiger partial charge < -0.3 is 9.67 Å². The molecule has 2 aromatic rings. The standard InChI is InChI=1S/C17H22N2O4S/c1-5-19-11-15(10-16(19)17(20)21)24(22,23)18(4)14-8-6-7-13(9-14)12(2)3/h6-12H,5H2,1-4H3,(H,20,21). The normalized spacial score (nSPS) is 11.7. The minimum absolute atomic E-state index is 0.0285. The van der Waals surface area contributed by atoms with Gasteiger partial charge in [0.05, 0.1) is 5.69 Å². The summed E-state index contributed by atoms with van der Waals surface area (Å²) in [5, 5.41) is 9.20. The number of hydrogen-bond acceptors (Lipinski definition) is 3. The molecule has 0 saturated heterocycles. The van der Waals surface area contributed by atoms with Gasteiger partial charge in [-0.25, -0.2) is 13.2 Å². The fourth-order valence-corrected chi connectivity index (χ4v) is 3.67. The third kappa shape index (κ3) is 3.31. The van der Waals surface area contributed by atoms with Crippen LogP contribution >= 0.6 is 0 Å². The molecule has 1 heterocycles. The van der Waals surface area contributed by atoms with E-state index in [4.69, 9.17) is 0 Å². The van der Waals surface area contributed by atoms with E-state index in [0.717, 1.165) is 5.56 Å². The van der Waals surface area contributed by atoms with Gasteiger partial charge in [0.25, 0.3) is 10.0 Å². The summed E-state index contributed by atoms with van der Waals surface area (Å²) in [5.74, 6) is -0.872. The van der Waals surface area contributed by atoms with Crippen molar-refractivity contribution < 1.29 is 18.3 Å². The topological polar surface area (TPSA) is 79.6 Å². The Morgan fingerprint density at radius 1 is 1.29 bits per heavy atom. The van der Waals surface area contributed by atoms with Gasteiger partial charge in [0.2, 0.25) is 0 Å². The first kappa shape index (κ1) is 18.1. The number of hydrogen-bond donors (Lipinski definition) is 1. The minimum Gasteiger partial charge on any atom is -0.477 e. The third-order valence-corrected chi connectivity index (χ3v) is 5.74. The van der Waals surface area contributed by atoms with Crippen LogP contribution in [-0.2, 0) is 16.6 Å². The highest BCUT2D eigenvalue weighted by molar-refractivity contribution is 7.92. The number of aryl methyl sites for hydroxylation is 1. The zero-order chi connectivity index (χ0) is 18.1. The Hall–Kier alpha value is -2.28. The van der Waals surface area contributed by atoms with Crippen molar-refractivity contribution in [2.75, 3.05) is 11.4 Å². The zero-order valence-corrected chi connectivity index (χ0v) is 15.0. The van der Waals surface area contributed by atoms with E-state index < -0.39 is 16.0 Å². The van der Waals surface area contributed by atoms with Crippen LogP contribution in [-0.4, -0.2) is 31.1 Å². The lowest BCUT2D eigenvalue weighted by Crippen LogP contribution is -2.26. The van der Waals surface area contributed by atoms with Crippen LogP contribution in [0.4, 0.5) is 5.69 Å². The van der Waals surface area contributed by atoms with Crippen molar-refractivity contribution in [1.29, 1.82) is 0 Å². The molecule has 0 bridgehead atoms.